The normalized spacial score (nSPS) is 31.7. The number of aliphatic hydroxyl groups excluding tert-OH is 1. The number of amides is 1. The Morgan fingerprint density at radius 3 is 2.31 bits per heavy atom. The monoisotopic (exact) mass is 712 g/mol. The van der Waals surface area contributed by atoms with E-state index < -0.39 is 71.1 Å². The number of unbranched alkanes of at least 4 members (excludes halogenated alkanes) is 4. The van der Waals surface area contributed by atoms with Gasteiger partial charge in [-0.25, -0.2) is 9.59 Å². The van der Waals surface area contributed by atoms with E-state index in [4.69, 9.17) is 28.5 Å². The molecule has 7 atom stereocenters. The maximum absolute atomic E-state index is 14.1. The smallest absolute Gasteiger partial charge is 0.348 e. The van der Waals surface area contributed by atoms with Gasteiger partial charge in [0.15, 0.2) is 11.8 Å². The highest BCUT2D eigenvalue weighted by Gasteiger charge is 2.76. The predicted molar refractivity (Wildman–Crippen MR) is 182 cm³/mol. The zero-order chi connectivity index (χ0) is 36.4. The van der Waals surface area contributed by atoms with Gasteiger partial charge < -0.3 is 34.1 Å². The molecule has 5 aliphatic rings. The molecule has 4 aliphatic heterocycles. The first kappa shape index (κ1) is 37.4. The van der Waals surface area contributed by atoms with Gasteiger partial charge in [0.25, 0.3) is 0 Å². The number of benzene rings is 1. The summed E-state index contributed by atoms with van der Waals surface area (Å²) in [5.74, 6) is -3.00. The van der Waals surface area contributed by atoms with Gasteiger partial charge in [0.2, 0.25) is 12.0 Å². The topological polar surface area (TPSA) is 159 Å². The number of nitrogens with zero attached hydrogens (tertiary/aromatic N) is 1. The average Bonchev–Trinajstić information content (AvgIpc) is 3.74. The second-order valence-electron chi connectivity index (χ2n) is 15.2. The van der Waals surface area contributed by atoms with Crippen molar-refractivity contribution in [2.75, 3.05) is 19.8 Å². The van der Waals surface area contributed by atoms with E-state index in [0.29, 0.717) is 18.4 Å². The van der Waals surface area contributed by atoms with Crippen LogP contribution in [0.4, 0.5) is 0 Å². The summed E-state index contributed by atoms with van der Waals surface area (Å²) in [7, 11) is 0. The molecule has 5 fully saturated rings. The maximum atomic E-state index is 14.1. The van der Waals surface area contributed by atoms with Crippen molar-refractivity contribution in [1.82, 2.24) is 10.4 Å². The van der Waals surface area contributed by atoms with Crippen LogP contribution in [0.1, 0.15) is 96.6 Å². The van der Waals surface area contributed by atoms with Crippen molar-refractivity contribution in [3.8, 4) is 0 Å². The van der Waals surface area contributed by atoms with E-state index in [2.05, 4.69) is 19.2 Å². The van der Waals surface area contributed by atoms with E-state index in [1.807, 2.05) is 12.1 Å². The molecule has 4 heterocycles. The van der Waals surface area contributed by atoms with Crippen molar-refractivity contribution in [3.05, 3.63) is 41.5 Å². The zero-order valence-corrected chi connectivity index (χ0v) is 30.1. The summed E-state index contributed by atoms with van der Waals surface area (Å²) in [5.41, 5.74) is -0.419. The van der Waals surface area contributed by atoms with Gasteiger partial charge in [0.05, 0.1) is 13.2 Å². The Bertz CT molecular complexity index is 1470. The average molecular weight is 713 g/mol. The van der Waals surface area contributed by atoms with Gasteiger partial charge in [-0.1, -0.05) is 77.6 Å². The van der Waals surface area contributed by atoms with E-state index in [9.17, 15) is 24.3 Å². The van der Waals surface area contributed by atoms with Crippen molar-refractivity contribution in [2.45, 2.75) is 134 Å². The molecule has 4 saturated heterocycles. The van der Waals surface area contributed by atoms with Crippen molar-refractivity contribution < 1.29 is 52.8 Å². The number of aliphatic hydroxyl groups is 1. The first-order chi connectivity index (χ1) is 24.5. The van der Waals surface area contributed by atoms with Crippen LogP contribution in [0.5, 0.6) is 0 Å². The molecular formula is C38H52N2O11. The molecule has 13 nitrogen and oxygen atoms in total. The second-order valence-corrected chi connectivity index (χ2v) is 15.2. The molecule has 1 aromatic carbocycles. The molecule has 1 aliphatic carbocycles. The fourth-order valence-electron chi connectivity index (χ4n) is 8.20. The summed E-state index contributed by atoms with van der Waals surface area (Å²) in [4.78, 5) is 59.1. The molecular weight excluding hydrogens is 660 g/mol. The molecule has 1 aromatic rings. The van der Waals surface area contributed by atoms with Crippen molar-refractivity contribution in [1.29, 1.82) is 0 Å². The summed E-state index contributed by atoms with van der Waals surface area (Å²) in [5, 5.41) is 13.9. The maximum Gasteiger partial charge on any atom is 0.348 e. The molecule has 13 heteroatoms. The van der Waals surface area contributed by atoms with Gasteiger partial charge >= 0.3 is 17.9 Å². The number of ether oxygens (including phenoxy) is 5. The third-order valence-corrected chi connectivity index (χ3v) is 10.9. The van der Waals surface area contributed by atoms with E-state index in [1.165, 1.54) is 11.1 Å². The molecule has 1 amide bonds. The van der Waals surface area contributed by atoms with Gasteiger partial charge in [-0.2, -0.15) is 5.06 Å². The number of esters is 3. The van der Waals surface area contributed by atoms with Crippen LogP contribution in [0.2, 0.25) is 0 Å². The van der Waals surface area contributed by atoms with Gasteiger partial charge in [0.1, 0.15) is 36.4 Å². The molecule has 1 saturated carbocycles. The number of cyclic esters (lactones) is 1. The minimum absolute atomic E-state index is 0.0359. The molecule has 2 N–H and O–H groups in total. The lowest BCUT2D eigenvalue weighted by molar-refractivity contribution is -0.224. The van der Waals surface area contributed by atoms with E-state index in [0.717, 1.165) is 44.1 Å². The molecule has 2 bridgehead atoms. The van der Waals surface area contributed by atoms with Gasteiger partial charge in [-0.15, -0.1) is 0 Å². The minimum Gasteiger partial charge on any atom is -0.462 e. The molecule has 0 radical (unpaired) electrons. The Labute approximate surface area is 299 Å². The van der Waals surface area contributed by atoms with Crippen LogP contribution in [0.3, 0.4) is 0 Å². The number of hydrogen-bond donors (Lipinski definition) is 2. The molecule has 6 rings (SSSR count). The number of carbonyl (C=O) groups excluding carboxylic acids is 4. The highest BCUT2D eigenvalue weighted by atomic mass is 16.8. The molecule has 280 valence electrons. The fourth-order valence-corrected chi connectivity index (χ4v) is 8.20. The summed E-state index contributed by atoms with van der Waals surface area (Å²) in [6, 6.07) is 6.25. The third kappa shape index (κ3) is 7.33. The van der Waals surface area contributed by atoms with Crippen LogP contribution < -0.4 is 5.32 Å². The number of nitrogens with one attached hydrogen (secondary N) is 1. The molecule has 0 spiro atoms. The van der Waals surface area contributed by atoms with Gasteiger partial charge in [0, 0.05) is 37.3 Å². The number of carbonyl (C=O) groups is 4. The Morgan fingerprint density at radius 2 is 1.69 bits per heavy atom. The van der Waals surface area contributed by atoms with Crippen LogP contribution in [-0.2, 0) is 54.2 Å². The summed E-state index contributed by atoms with van der Waals surface area (Å²) >= 11 is 0. The number of hydrogen-bond acceptors (Lipinski definition) is 12. The van der Waals surface area contributed by atoms with Crippen LogP contribution in [0.15, 0.2) is 30.3 Å². The SMILES string of the molecule is CCCCCC1(CCCCC)O[C@@H]2[C@H](O1)[C@H]1ON(Cc3ccc(C=CC(=O)O[C@H]4C(=O)OCC4(C)C)cc3)[C@@H]3C(=O)O[C@@H]2C[C@]13C(=O)NCCO. The molecule has 0 aromatic heterocycles. The van der Waals surface area contributed by atoms with Crippen molar-refractivity contribution >= 4 is 29.9 Å². The van der Waals surface area contributed by atoms with Crippen LogP contribution in [0, 0.1) is 10.8 Å². The number of hydroxylamine groups is 2. The van der Waals surface area contributed by atoms with E-state index in [1.54, 1.807) is 32.1 Å². The quantitative estimate of drug-likeness (QED) is 0.111. The summed E-state index contributed by atoms with van der Waals surface area (Å²) < 4.78 is 30.1. The highest BCUT2D eigenvalue weighted by Crippen LogP contribution is 2.58. The minimum atomic E-state index is -1.31. The van der Waals surface area contributed by atoms with Crippen LogP contribution in [-0.4, -0.2) is 96.1 Å². The van der Waals surface area contributed by atoms with Gasteiger partial charge in [-0.05, 0) is 30.0 Å². The largest absolute Gasteiger partial charge is 0.462 e. The Morgan fingerprint density at radius 1 is 1.00 bits per heavy atom. The van der Waals surface area contributed by atoms with Crippen molar-refractivity contribution in [3.63, 3.8) is 0 Å². The number of rotatable bonds is 16. The summed E-state index contributed by atoms with van der Waals surface area (Å²) in [6.45, 7) is 8.04. The van der Waals surface area contributed by atoms with Gasteiger partial charge in [-0.3, -0.25) is 14.4 Å². The first-order valence-corrected chi connectivity index (χ1v) is 18.5. The first-order valence-electron chi connectivity index (χ1n) is 18.5. The highest BCUT2D eigenvalue weighted by molar-refractivity contribution is 5.93. The third-order valence-electron chi connectivity index (χ3n) is 10.9. The Balaban J connectivity index is 1.21. The van der Waals surface area contributed by atoms with E-state index in [-0.39, 0.29) is 38.6 Å². The number of fused-ring (bicyclic) bond motifs is 4. The Kier molecular flexibility index (Phi) is 11.2. The second kappa shape index (κ2) is 15.3. The zero-order valence-electron chi connectivity index (χ0n) is 30.1. The Hall–Kier alpha value is -3.36. The fraction of sp³-hybridized carbons (Fsp3) is 0.684. The lowest BCUT2D eigenvalue weighted by atomic mass is 9.62. The lowest BCUT2D eigenvalue weighted by Gasteiger charge is -2.48. The predicted octanol–water partition coefficient (Wildman–Crippen LogP) is 3.74. The molecule has 0 unspecified atom stereocenters. The van der Waals surface area contributed by atoms with Crippen LogP contribution >= 0.6 is 0 Å². The standard InChI is InChI=1S/C38H52N2O11/c1-5-7-9-17-37(18-10-8-6-2)49-28-26-21-38(35(45)39-19-20-41)30(33(43)47-26)40(51-31(38)29(28)50-37)22-25-13-11-24(12-14-25)15-16-27(42)48-32-34(44)46-23-36(32,3)4/h11-16,26,28-32,41H,5-10,17-23H2,1-4H3,(H,39,45)/t26-,28+,29+,30-,31-,32+,38-/m1/s1. The lowest BCUT2D eigenvalue weighted by Crippen LogP contribution is -2.69. The summed E-state index contributed by atoms with van der Waals surface area (Å²) in [6.07, 6.45) is 6.80. The van der Waals surface area contributed by atoms with Crippen LogP contribution in [0.25, 0.3) is 6.08 Å². The van der Waals surface area contributed by atoms with Crippen molar-refractivity contribution in [2.24, 2.45) is 10.8 Å². The van der Waals surface area contributed by atoms with E-state index >= 15 is 0 Å². The molecule has 51 heavy (non-hydrogen) atoms.